The van der Waals surface area contributed by atoms with Gasteiger partial charge in [0.2, 0.25) is 23.6 Å². The molecule has 1 spiro atoms. The summed E-state index contributed by atoms with van der Waals surface area (Å²) in [5.41, 5.74) is -0.889. The van der Waals surface area contributed by atoms with Gasteiger partial charge in [-0.1, -0.05) is 74.5 Å². The zero-order valence-corrected chi connectivity index (χ0v) is 37.5. The van der Waals surface area contributed by atoms with E-state index in [1.165, 1.54) is 11.9 Å². The Morgan fingerprint density at radius 1 is 0.734 bits per heavy atom. The fourth-order valence-corrected chi connectivity index (χ4v) is 7.82. The van der Waals surface area contributed by atoms with Crippen molar-refractivity contribution in [3.8, 4) is 0 Å². The molecule has 0 radical (unpaired) electrons. The van der Waals surface area contributed by atoms with E-state index in [0.29, 0.717) is 17.5 Å². The first-order chi connectivity index (χ1) is 30.1. The number of unbranched alkanes of at least 4 members (excludes halogenated alkanes) is 1. The van der Waals surface area contributed by atoms with Crippen LogP contribution < -0.4 is 31.9 Å². The summed E-state index contributed by atoms with van der Waals surface area (Å²) in [5.74, 6) is -6.55. The van der Waals surface area contributed by atoms with E-state index in [0.717, 1.165) is 4.90 Å². The smallest absolute Gasteiger partial charge is 0.407 e. The molecule has 0 saturated carbocycles. The van der Waals surface area contributed by atoms with E-state index in [1.54, 1.807) is 81.4 Å². The maximum absolute atomic E-state index is 15.9. The van der Waals surface area contributed by atoms with Crippen molar-refractivity contribution < 1.29 is 52.2 Å². The zero-order chi connectivity index (χ0) is 47.2. The first kappa shape index (κ1) is 50.6. The molecule has 2 aliphatic heterocycles. The Kier molecular flexibility index (Phi) is 17.8. The lowest BCUT2D eigenvalue weighted by Crippen LogP contribution is -2.72. The van der Waals surface area contributed by atoms with E-state index in [1.807, 2.05) is 13.8 Å². The molecule has 2 saturated heterocycles. The number of rotatable bonds is 19. The molecule has 0 bridgehead atoms. The average molecular weight is 899 g/mol. The molecular formula is C45H64F2N8O9. The number of benzene rings is 2. The predicted molar refractivity (Wildman–Crippen MR) is 233 cm³/mol. The zero-order valence-electron chi connectivity index (χ0n) is 37.5. The van der Waals surface area contributed by atoms with Crippen LogP contribution >= 0.6 is 0 Å². The number of ether oxygens (including phenoxy) is 1. The van der Waals surface area contributed by atoms with Gasteiger partial charge in [0.15, 0.2) is 0 Å². The highest BCUT2D eigenvalue weighted by Gasteiger charge is 2.64. The Morgan fingerprint density at radius 3 is 1.75 bits per heavy atom. The lowest BCUT2D eigenvalue weighted by Gasteiger charge is -2.57. The number of hydrogen-bond donors (Lipinski definition) is 7. The van der Waals surface area contributed by atoms with E-state index in [9.17, 15) is 38.7 Å². The van der Waals surface area contributed by atoms with Crippen molar-refractivity contribution >= 4 is 41.8 Å². The first-order valence-electron chi connectivity index (χ1n) is 21.7. The van der Waals surface area contributed by atoms with Crippen LogP contribution in [-0.2, 0) is 36.8 Å². The van der Waals surface area contributed by atoms with Crippen molar-refractivity contribution in [2.24, 2.45) is 11.3 Å². The lowest BCUT2D eigenvalue weighted by molar-refractivity contribution is -0.215. The third kappa shape index (κ3) is 14.8. The summed E-state index contributed by atoms with van der Waals surface area (Å²) in [6.07, 6.45) is -1.46. The Hall–Kier alpha value is -6.01. The van der Waals surface area contributed by atoms with E-state index in [2.05, 4.69) is 31.9 Å². The highest BCUT2D eigenvalue weighted by molar-refractivity contribution is 5.95. The number of carbonyl (C=O) groups excluding carboxylic acids is 6. The number of carbonyl (C=O) groups is 7. The molecule has 7 N–H and O–H groups in total. The Bertz CT molecular complexity index is 1930. The van der Waals surface area contributed by atoms with Crippen molar-refractivity contribution in [3.05, 3.63) is 71.8 Å². The van der Waals surface area contributed by atoms with Crippen LogP contribution in [0.1, 0.15) is 77.8 Å². The largest absolute Gasteiger partial charge is 0.465 e. The Labute approximate surface area is 373 Å². The van der Waals surface area contributed by atoms with Crippen molar-refractivity contribution in [1.29, 1.82) is 0 Å². The highest BCUT2D eigenvalue weighted by atomic mass is 19.3. The molecule has 2 aromatic carbocycles. The van der Waals surface area contributed by atoms with Crippen molar-refractivity contribution in [3.63, 3.8) is 0 Å². The summed E-state index contributed by atoms with van der Waals surface area (Å²) in [6, 6.07) is 11.9. The van der Waals surface area contributed by atoms with E-state index >= 15 is 8.78 Å². The molecule has 0 aliphatic carbocycles. The van der Waals surface area contributed by atoms with Crippen molar-refractivity contribution in [2.75, 3.05) is 39.8 Å². The van der Waals surface area contributed by atoms with Crippen molar-refractivity contribution in [1.82, 2.24) is 41.7 Å². The second kappa shape index (κ2) is 22.6. The standard InChI is InChI=1S/C45H64F2N8O9/c1-29(2)23-33(51-37(57)34(24-30-15-9-7-10-16-30)52-38(58)35(53-41(61)62)25-31-17-11-8-12-18-31)36(56)50-32(19-13-14-21-49-42(63)64-43(3,4)5)39(59)54-22-20-44(45(46,47)28-54)26-55(27-44)40(60)48-6/h7-12,15-18,29,32-35,53H,13-14,19-28H2,1-6H3,(H,48,60)(H,49,63)(H,50,56)(H,51,57)(H,52,58)(H,61,62). The van der Waals surface area contributed by atoms with Gasteiger partial charge in [0.25, 0.3) is 5.92 Å². The van der Waals surface area contributed by atoms with Crippen LogP contribution in [-0.4, -0.2) is 132 Å². The number of alkyl halides is 2. The maximum atomic E-state index is 15.9. The molecule has 17 nitrogen and oxygen atoms in total. The molecule has 19 heteroatoms. The number of halogens is 2. The number of hydrogen-bond acceptors (Lipinski definition) is 8. The second-order valence-electron chi connectivity index (χ2n) is 18.0. The van der Waals surface area contributed by atoms with Gasteiger partial charge < -0.3 is 51.5 Å². The monoisotopic (exact) mass is 898 g/mol. The van der Waals surface area contributed by atoms with E-state index in [-0.39, 0.29) is 70.6 Å². The average Bonchev–Trinajstić information content (AvgIpc) is 3.20. The summed E-state index contributed by atoms with van der Waals surface area (Å²) in [4.78, 5) is 94.7. The second-order valence-corrected chi connectivity index (χ2v) is 18.0. The van der Waals surface area contributed by atoms with Gasteiger partial charge in [0.05, 0.1) is 12.0 Å². The number of piperidine rings is 1. The number of amides is 8. The normalized spacial score (nSPS) is 17.1. The fourth-order valence-electron chi connectivity index (χ4n) is 7.82. The number of nitrogens with one attached hydrogen (secondary N) is 6. The highest BCUT2D eigenvalue weighted by Crippen LogP contribution is 2.50. The minimum Gasteiger partial charge on any atom is -0.465 e. The van der Waals surface area contributed by atoms with Crippen LogP contribution in [0.4, 0.5) is 23.2 Å². The van der Waals surface area contributed by atoms with Crippen LogP contribution in [0.25, 0.3) is 0 Å². The molecule has 0 aromatic heterocycles. The molecule has 4 rings (SSSR count). The SMILES string of the molecule is CNC(=O)N1CC2(CCN(C(=O)C(CCCCNC(=O)OC(C)(C)C)NC(=O)C(CC(C)C)NC(=O)C(Cc3ccccc3)NC(=O)C(Cc3ccccc3)NC(=O)O)CC2(F)F)C1. The molecule has 64 heavy (non-hydrogen) atoms. The molecular weight excluding hydrogens is 835 g/mol. The lowest BCUT2D eigenvalue weighted by atomic mass is 9.69. The molecule has 352 valence electrons. The van der Waals surface area contributed by atoms with Gasteiger partial charge in [-0.15, -0.1) is 0 Å². The van der Waals surface area contributed by atoms with E-state index in [4.69, 9.17) is 4.74 Å². The third-order valence-corrected chi connectivity index (χ3v) is 11.2. The van der Waals surface area contributed by atoms with Gasteiger partial charge >= 0.3 is 18.2 Å². The van der Waals surface area contributed by atoms with Crippen LogP contribution in [0, 0.1) is 11.3 Å². The number of carboxylic acid groups (broad SMARTS) is 1. The fraction of sp³-hybridized carbons (Fsp3) is 0.578. The van der Waals surface area contributed by atoms with Crippen LogP contribution in [0.3, 0.4) is 0 Å². The number of nitrogens with zero attached hydrogens (tertiary/aromatic N) is 2. The summed E-state index contributed by atoms with van der Waals surface area (Å²) in [7, 11) is 1.41. The summed E-state index contributed by atoms with van der Waals surface area (Å²) in [5, 5.41) is 25.0. The Morgan fingerprint density at radius 2 is 1.25 bits per heavy atom. The third-order valence-electron chi connectivity index (χ3n) is 11.2. The van der Waals surface area contributed by atoms with Gasteiger partial charge in [0, 0.05) is 46.1 Å². The molecule has 8 amide bonds. The van der Waals surface area contributed by atoms with Crippen LogP contribution in [0.5, 0.6) is 0 Å². The molecule has 4 atom stereocenters. The van der Waals surface area contributed by atoms with Crippen molar-refractivity contribution in [2.45, 2.75) is 115 Å². The maximum Gasteiger partial charge on any atom is 0.407 e. The van der Waals surface area contributed by atoms with Gasteiger partial charge in [-0.2, -0.15) is 0 Å². The molecule has 4 unspecified atom stereocenters. The van der Waals surface area contributed by atoms with Gasteiger partial charge in [-0.05, 0) is 69.9 Å². The number of alkyl carbamates (subject to hydrolysis) is 1. The topological polar surface area (TPSA) is 228 Å². The van der Waals surface area contributed by atoms with Gasteiger partial charge in [-0.25, -0.2) is 23.2 Å². The Balaban J connectivity index is 1.54. The van der Waals surface area contributed by atoms with Gasteiger partial charge in [0.1, 0.15) is 29.8 Å². The predicted octanol–water partition coefficient (Wildman–Crippen LogP) is 3.81. The molecule has 2 aliphatic rings. The molecule has 2 fully saturated rings. The number of urea groups is 1. The minimum atomic E-state index is -3.34. The van der Waals surface area contributed by atoms with Gasteiger partial charge in [-0.3, -0.25) is 19.2 Å². The van der Waals surface area contributed by atoms with Crippen LogP contribution in [0.2, 0.25) is 0 Å². The summed E-state index contributed by atoms with van der Waals surface area (Å²) in [6.45, 7) is 7.66. The van der Waals surface area contributed by atoms with Crippen LogP contribution in [0.15, 0.2) is 60.7 Å². The number of likely N-dealkylation sites (tertiary alicyclic amines) is 2. The van der Waals surface area contributed by atoms with E-state index < -0.39 is 89.5 Å². The minimum absolute atomic E-state index is 0.00660. The molecule has 2 heterocycles. The summed E-state index contributed by atoms with van der Waals surface area (Å²) >= 11 is 0. The summed E-state index contributed by atoms with van der Waals surface area (Å²) < 4.78 is 37.0. The first-order valence-corrected chi connectivity index (χ1v) is 21.7. The quantitative estimate of drug-likeness (QED) is 0.102. The molecule has 2 aromatic rings.